The Morgan fingerprint density at radius 1 is 1.00 bits per heavy atom. The van der Waals surface area contributed by atoms with Gasteiger partial charge in [-0.2, -0.15) is 0 Å². The number of rotatable bonds is 0. The summed E-state index contributed by atoms with van der Waals surface area (Å²) in [6, 6.07) is 15.7. The van der Waals surface area contributed by atoms with Crippen molar-refractivity contribution in [1.82, 2.24) is 0 Å². The maximum Gasteiger partial charge on any atom is 0.0201 e. The van der Waals surface area contributed by atoms with E-state index in [1.165, 1.54) is 37.6 Å². The highest BCUT2D eigenvalue weighted by Gasteiger charge is 2.22. The van der Waals surface area contributed by atoms with Crippen molar-refractivity contribution >= 4 is 22.2 Å². The van der Waals surface area contributed by atoms with Gasteiger partial charge in [0.2, 0.25) is 0 Å². The largest absolute Gasteiger partial charge is 0.0888 e. The smallest absolute Gasteiger partial charge is 0.0201 e. The Morgan fingerprint density at radius 2 is 1.87 bits per heavy atom. The number of fused-ring (bicyclic) bond motifs is 2. The van der Waals surface area contributed by atoms with Gasteiger partial charge in [0, 0.05) is 9.80 Å². The summed E-state index contributed by atoms with van der Waals surface area (Å²) in [4.78, 5) is 2.69. The number of benzene rings is 2. The molecule has 1 aliphatic carbocycles. The predicted octanol–water partition coefficient (Wildman–Crippen LogP) is 6.47. The van der Waals surface area contributed by atoms with Gasteiger partial charge in [0.1, 0.15) is 0 Å². The third-order valence-corrected chi connectivity index (χ3v) is 5.62. The summed E-state index contributed by atoms with van der Waals surface area (Å²) >= 11 is 1.89. The van der Waals surface area contributed by atoms with Crippen LogP contribution in [0, 0.1) is 12.8 Å². The third kappa shape index (κ3) is 2.70. The zero-order valence-electron chi connectivity index (χ0n) is 13.5. The van der Waals surface area contributed by atoms with Gasteiger partial charge in [0.05, 0.1) is 0 Å². The van der Waals surface area contributed by atoms with Gasteiger partial charge in [-0.3, -0.25) is 0 Å². The normalized spacial score (nSPS) is 25.2. The summed E-state index contributed by atoms with van der Waals surface area (Å²) in [5, 5.41) is 0. The number of aryl methyl sites for hydroxylation is 1. The lowest BCUT2D eigenvalue weighted by Crippen LogP contribution is -1.97. The van der Waals surface area contributed by atoms with E-state index in [0.717, 1.165) is 6.42 Å². The van der Waals surface area contributed by atoms with Crippen LogP contribution >= 0.6 is 11.8 Å². The minimum atomic E-state index is 0.529. The van der Waals surface area contributed by atoms with Crippen LogP contribution < -0.4 is 0 Å². The Labute approximate surface area is 142 Å². The fraction of sp³-hybridized carbons (Fsp3) is 0.182. The molecule has 114 valence electrons. The Balaban J connectivity index is 2.10. The van der Waals surface area contributed by atoms with Crippen molar-refractivity contribution in [3.8, 4) is 0 Å². The molecule has 2 bridgehead atoms. The molecule has 0 N–H and O–H groups in total. The average Bonchev–Trinajstić information content (AvgIpc) is 2.69. The van der Waals surface area contributed by atoms with E-state index in [-0.39, 0.29) is 0 Å². The van der Waals surface area contributed by atoms with Crippen LogP contribution in [0.2, 0.25) is 0 Å². The first-order chi connectivity index (χ1) is 11.2. The molecular formula is C22H20S. The van der Waals surface area contributed by atoms with Gasteiger partial charge in [0.25, 0.3) is 0 Å². The Bertz CT molecular complexity index is 852. The minimum Gasteiger partial charge on any atom is -0.0888 e. The highest BCUT2D eigenvalue weighted by atomic mass is 32.2. The monoisotopic (exact) mass is 316 g/mol. The number of allylic oxidation sites excluding steroid dienone is 4. The van der Waals surface area contributed by atoms with Crippen molar-refractivity contribution in [3.05, 3.63) is 89.0 Å². The van der Waals surface area contributed by atoms with E-state index >= 15 is 0 Å². The topological polar surface area (TPSA) is 0 Å². The lowest BCUT2D eigenvalue weighted by molar-refractivity contribution is 0.746. The summed E-state index contributed by atoms with van der Waals surface area (Å²) in [6.45, 7) is 4.48. The van der Waals surface area contributed by atoms with Gasteiger partial charge in [-0.25, -0.2) is 0 Å². The minimum absolute atomic E-state index is 0.529. The Morgan fingerprint density at radius 3 is 2.78 bits per heavy atom. The van der Waals surface area contributed by atoms with Gasteiger partial charge < -0.3 is 0 Å². The van der Waals surface area contributed by atoms with Crippen LogP contribution in [0.3, 0.4) is 0 Å². The SMILES string of the molecule is Cc1ccc2c(c1)/C1=C\C=C\CC(C)/C=C/2c2ccccc2S1. The van der Waals surface area contributed by atoms with E-state index in [9.17, 15) is 0 Å². The second-order valence-corrected chi connectivity index (χ2v) is 7.48. The highest BCUT2D eigenvalue weighted by Crippen LogP contribution is 2.47. The summed E-state index contributed by atoms with van der Waals surface area (Å²) in [7, 11) is 0. The van der Waals surface area contributed by atoms with Crippen LogP contribution in [0.5, 0.6) is 0 Å². The fourth-order valence-corrected chi connectivity index (χ4v) is 4.40. The molecule has 2 aromatic rings. The van der Waals surface area contributed by atoms with Gasteiger partial charge >= 0.3 is 0 Å². The molecule has 1 unspecified atom stereocenters. The molecule has 0 aromatic heterocycles. The Hall–Kier alpha value is -1.99. The van der Waals surface area contributed by atoms with Gasteiger partial charge in [0.15, 0.2) is 0 Å². The van der Waals surface area contributed by atoms with Crippen LogP contribution in [0.25, 0.3) is 10.5 Å². The first kappa shape index (κ1) is 14.6. The number of thioether (sulfide) groups is 1. The lowest BCUT2D eigenvalue weighted by Gasteiger charge is -2.15. The van der Waals surface area contributed by atoms with Crippen LogP contribution in [-0.2, 0) is 0 Å². The number of hydrogen-bond donors (Lipinski definition) is 0. The fourth-order valence-electron chi connectivity index (χ4n) is 3.30. The van der Waals surface area contributed by atoms with E-state index < -0.39 is 0 Å². The molecule has 1 heteroatoms. The van der Waals surface area contributed by atoms with E-state index in [4.69, 9.17) is 0 Å². The molecular weight excluding hydrogens is 296 g/mol. The lowest BCUT2D eigenvalue weighted by atomic mass is 9.89. The van der Waals surface area contributed by atoms with Crippen molar-refractivity contribution in [2.75, 3.05) is 0 Å². The zero-order chi connectivity index (χ0) is 15.8. The average molecular weight is 316 g/mol. The molecule has 1 atom stereocenters. The molecule has 1 heterocycles. The quantitative estimate of drug-likeness (QED) is 0.537. The molecule has 4 rings (SSSR count). The molecule has 2 aromatic carbocycles. The predicted molar refractivity (Wildman–Crippen MR) is 101 cm³/mol. The summed E-state index contributed by atoms with van der Waals surface area (Å²) in [5.74, 6) is 0.529. The Kier molecular flexibility index (Phi) is 3.74. The second kappa shape index (κ2) is 5.90. The maximum atomic E-state index is 2.45. The van der Waals surface area contributed by atoms with Crippen LogP contribution in [-0.4, -0.2) is 0 Å². The molecule has 0 amide bonds. The van der Waals surface area contributed by atoms with Crippen LogP contribution in [0.15, 0.2) is 71.7 Å². The van der Waals surface area contributed by atoms with E-state index in [1.54, 1.807) is 0 Å². The van der Waals surface area contributed by atoms with Crippen LogP contribution in [0.1, 0.15) is 35.6 Å². The van der Waals surface area contributed by atoms with Gasteiger partial charge in [-0.05, 0) is 53.7 Å². The van der Waals surface area contributed by atoms with Crippen molar-refractivity contribution in [2.24, 2.45) is 5.92 Å². The summed E-state index contributed by atoms with van der Waals surface area (Å²) in [6.07, 6.45) is 10.3. The maximum absolute atomic E-state index is 2.45. The molecule has 0 nitrogen and oxygen atoms in total. The van der Waals surface area contributed by atoms with E-state index in [2.05, 4.69) is 80.6 Å². The summed E-state index contributed by atoms with van der Waals surface area (Å²) in [5.41, 5.74) is 6.78. The van der Waals surface area contributed by atoms with E-state index in [1.807, 2.05) is 11.8 Å². The third-order valence-electron chi connectivity index (χ3n) is 4.47. The summed E-state index contributed by atoms with van der Waals surface area (Å²) < 4.78 is 0. The highest BCUT2D eigenvalue weighted by molar-refractivity contribution is 8.08. The molecule has 0 radical (unpaired) electrons. The standard InChI is InChI=1S/C22H20S/c1-15-7-3-5-10-22-20-14-16(2)11-12-17(20)19(13-15)18-8-4-6-9-21(18)23-22/h3-6,8-15H,7H2,1-2H3/b5-3+,19-13-,22-10+. The zero-order valence-corrected chi connectivity index (χ0v) is 14.4. The molecule has 0 saturated heterocycles. The molecule has 23 heavy (non-hydrogen) atoms. The molecule has 0 saturated carbocycles. The van der Waals surface area contributed by atoms with Crippen LogP contribution in [0.4, 0.5) is 0 Å². The molecule has 1 aliphatic heterocycles. The molecule has 0 fully saturated rings. The van der Waals surface area contributed by atoms with E-state index in [0.29, 0.717) is 5.92 Å². The van der Waals surface area contributed by atoms with Crippen molar-refractivity contribution in [1.29, 1.82) is 0 Å². The number of hydrogen-bond acceptors (Lipinski definition) is 1. The second-order valence-electron chi connectivity index (χ2n) is 6.40. The molecule has 0 spiro atoms. The molecule has 2 aliphatic rings. The first-order valence-electron chi connectivity index (χ1n) is 8.19. The van der Waals surface area contributed by atoms with Crippen molar-refractivity contribution < 1.29 is 0 Å². The van der Waals surface area contributed by atoms with Gasteiger partial charge in [-0.15, -0.1) is 0 Å². The first-order valence-corrected chi connectivity index (χ1v) is 9.01. The van der Waals surface area contributed by atoms with Crippen molar-refractivity contribution in [3.63, 3.8) is 0 Å². The van der Waals surface area contributed by atoms with Gasteiger partial charge in [-0.1, -0.05) is 78.9 Å². The van der Waals surface area contributed by atoms with Crippen molar-refractivity contribution in [2.45, 2.75) is 25.2 Å².